The summed E-state index contributed by atoms with van der Waals surface area (Å²) in [5, 5.41) is 6.79. The smallest absolute Gasteiger partial charge is 0.378 e. The van der Waals surface area contributed by atoms with Gasteiger partial charge in [0.15, 0.2) is 0 Å². The second-order valence-corrected chi connectivity index (χ2v) is 9.20. The number of amides is 1. The van der Waals surface area contributed by atoms with Gasteiger partial charge in [0.25, 0.3) is 10.0 Å². The summed E-state index contributed by atoms with van der Waals surface area (Å²) in [6.07, 6.45) is -10.7. The standard InChI is InChI=1S/C16H14F6N4O4S2/c17-15(18,19)9-1-2-11(10(7-9)16(20,21)22)32(28,29)25-14-24-23-12(31-14)8-13(27)26-3-5-30-6-4-26/h1-2,7H,3-6,8H2,(H,24,25). The van der Waals surface area contributed by atoms with Gasteiger partial charge in [0, 0.05) is 13.1 Å². The molecule has 1 fully saturated rings. The molecule has 0 aliphatic carbocycles. The number of aromatic nitrogens is 2. The first-order chi connectivity index (χ1) is 14.8. The maximum Gasteiger partial charge on any atom is 0.417 e. The van der Waals surface area contributed by atoms with Crippen molar-refractivity contribution in [3.05, 3.63) is 34.3 Å². The molecule has 1 aliphatic rings. The van der Waals surface area contributed by atoms with Gasteiger partial charge in [-0.1, -0.05) is 11.3 Å². The zero-order valence-electron chi connectivity index (χ0n) is 15.8. The summed E-state index contributed by atoms with van der Waals surface area (Å²) in [4.78, 5) is 12.3. The number of hydrogen-bond acceptors (Lipinski definition) is 7. The molecule has 8 nitrogen and oxygen atoms in total. The highest BCUT2D eigenvalue weighted by Crippen LogP contribution is 2.39. The van der Waals surface area contributed by atoms with E-state index in [0.717, 1.165) is 0 Å². The fourth-order valence-electron chi connectivity index (χ4n) is 2.75. The van der Waals surface area contributed by atoms with Crippen molar-refractivity contribution in [2.75, 3.05) is 31.0 Å². The molecular weight excluding hydrogens is 490 g/mol. The first-order valence-electron chi connectivity index (χ1n) is 8.76. The lowest BCUT2D eigenvalue weighted by atomic mass is 10.1. The molecule has 0 unspecified atom stereocenters. The number of alkyl halides is 6. The van der Waals surface area contributed by atoms with Crippen LogP contribution in [0.2, 0.25) is 0 Å². The van der Waals surface area contributed by atoms with Crippen LogP contribution in [-0.2, 0) is 38.3 Å². The van der Waals surface area contributed by atoms with E-state index >= 15 is 0 Å². The number of hydrogen-bond donors (Lipinski definition) is 1. The fourth-order valence-corrected chi connectivity index (χ4v) is 4.92. The molecule has 0 saturated carbocycles. The summed E-state index contributed by atoms with van der Waals surface area (Å²) in [6.45, 7) is 1.46. The SMILES string of the molecule is O=C(Cc1nnc(NS(=O)(=O)c2ccc(C(F)(F)F)cc2C(F)(F)F)s1)N1CCOCC1. The first-order valence-corrected chi connectivity index (χ1v) is 11.1. The lowest BCUT2D eigenvalue weighted by Gasteiger charge is -2.26. The van der Waals surface area contributed by atoms with Crippen LogP contribution in [0.1, 0.15) is 16.1 Å². The van der Waals surface area contributed by atoms with Gasteiger partial charge in [0.1, 0.15) is 5.01 Å². The van der Waals surface area contributed by atoms with E-state index in [-0.39, 0.29) is 35.5 Å². The van der Waals surface area contributed by atoms with Crippen molar-refractivity contribution in [1.82, 2.24) is 15.1 Å². The Kier molecular flexibility index (Phi) is 6.67. The van der Waals surface area contributed by atoms with Crippen LogP contribution in [0, 0.1) is 0 Å². The van der Waals surface area contributed by atoms with Gasteiger partial charge in [-0.05, 0) is 18.2 Å². The van der Waals surface area contributed by atoms with Crippen LogP contribution in [0.25, 0.3) is 0 Å². The van der Waals surface area contributed by atoms with Gasteiger partial charge in [-0.3, -0.25) is 9.52 Å². The number of nitrogens with zero attached hydrogens (tertiary/aromatic N) is 3. The Labute approximate surface area is 181 Å². The summed E-state index contributed by atoms with van der Waals surface area (Å²) in [5.41, 5.74) is -3.63. The lowest BCUT2D eigenvalue weighted by molar-refractivity contribution is -0.144. The van der Waals surface area contributed by atoms with Gasteiger partial charge in [0.05, 0.1) is 35.7 Å². The summed E-state index contributed by atoms with van der Waals surface area (Å²) >= 11 is 0.615. The Morgan fingerprint density at radius 3 is 2.34 bits per heavy atom. The van der Waals surface area contributed by atoms with E-state index in [2.05, 4.69) is 10.2 Å². The maximum atomic E-state index is 13.3. The second-order valence-electron chi connectivity index (χ2n) is 6.48. The maximum absolute atomic E-state index is 13.3. The van der Waals surface area contributed by atoms with Crippen molar-refractivity contribution in [2.45, 2.75) is 23.7 Å². The van der Waals surface area contributed by atoms with Gasteiger partial charge in [-0.15, -0.1) is 10.2 Å². The molecule has 0 spiro atoms. The molecule has 16 heteroatoms. The summed E-state index contributed by atoms with van der Waals surface area (Å²) < 4.78 is 110. The number of carbonyl (C=O) groups is 1. The predicted octanol–water partition coefficient (Wildman–Crippen LogP) is 2.78. The van der Waals surface area contributed by atoms with E-state index in [1.807, 2.05) is 0 Å². The molecule has 0 atom stereocenters. The molecular formula is C16H14F6N4O4S2. The quantitative estimate of drug-likeness (QED) is 0.629. The lowest BCUT2D eigenvalue weighted by Crippen LogP contribution is -2.41. The number of ether oxygens (including phenoxy) is 1. The average Bonchev–Trinajstić information content (AvgIpc) is 3.12. The van der Waals surface area contributed by atoms with Crippen LogP contribution < -0.4 is 4.72 Å². The van der Waals surface area contributed by atoms with Crippen LogP contribution in [0.5, 0.6) is 0 Å². The van der Waals surface area contributed by atoms with Crippen LogP contribution in [-0.4, -0.2) is 55.7 Å². The van der Waals surface area contributed by atoms with Gasteiger partial charge in [0.2, 0.25) is 11.0 Å². The van der Waals surface area contributed by atoms with E-state index in [0.29, 0.717) is 37.6 Å². The topological polar surface area (TPSA) is 101 Å². The monoisotopic (exact) mass is 504 g/mol. The van der Waals surface area contributed by atoms with E-state index in [4.69, 9.17) is 4.74 Å². The normalized spacial score (nSPS) is 15.6. The number of benzene rings is 1. The molecule has 0 radical (unpaired) electrons. The third-order valence-corrected chi connectivity index (χ3v) is 6.62. The number of rotatable bonds is 5. The van der Waals surface area contributed by atoms with Crippen molar-refractivity contribution in [1.29, 1.82) is 0 Å². The van der Waals surface area contributed by atoms with Crippen LogP contribution in [0.4, 0.5) is 31.5 Å². The number of halogens is 6. The number of anilines is 1. The van der Waals surface area contributed by atoms with Crippen molar-refractivity contribution in [3.63, 3.8) is 0 Å². The number of nitrogens with one attached hydrogen (secondary N) is 1. The van der Waals surface area contributed by atoms with Crippen LogP contribution in [0.3, 0.4) is 0 Å². The highest BCUT2D eigenvalue weighted by atomic mass is 32.2. The molecule has 1 amide bonds. The molecule has 32 heavy (non-hydrogen) atoms. The third-order valence-electron chi connectivity index (χ3n) is 4.26. The average molecular weight is 504 g/mol. The summed E-state index contributed by atoms with van der Waals surface area (Å²) in [7, 11) is -4.97. The second kappa shape index (κ2) is 8.82. The van der Waals surface area contributed by atoms with E-state index in [1.165, 1.54) is 4.90 Å². The highest BCUT2D eigenvalue weighted by Gasteiger charge is 2.41. The van der Waals surface area contributed by atoms with Crippen molar-refractivity contribution in [3.8, 4) is 0 Å². The molecule has 1 aromatic carbocycles. The van der Waals surface area contributed by atoms with Gasteiger partial charge in [-0.25, -0.2) is 8.42 Å². The van der Waals surface area contributed by atoms with E-state index in [1.54, 1.807) is 4.72 Å². The fraction of sp³-hybridized carbons (Fsp3) is 0.438. The van der Waals surface area contributed by atoms with Gasteiger partial charge < -0.3 is 9.64 Å². The minimum Gasteiger partial charge on any atom is -0.378 e. The molecule has 1 saturated heterocycles. The Bertz CT molecular complexity index is 1090. The largest absolute Gasteiger partial charge is 0.417 e. The Morgan fingerprint density at radius 1 is 1.09 bits per heavy atom. The molecule has 1 aromatic heterocycles. The number of morpholine rings is 1. The zero-order chi connectivity index (χ0) is 23.7. The van der Waals surface area contributed by atoms with E-state index in [9.17, 15) is 39.6 Å². The zero-order valence-corrected chi connectivity index (χ0v) is 17.5. The first kappa shape index (κ1) is 24.2. The minimum atomic E-state index is -5.37. The van der Waals surface area contributed by atoms with Crippen LogP contribution in [0.15, 0.2) is 23.1 Å². The summed E-state index contributed by atoms with van der Waals surface area (Å²) in [5.74, 6) is -0.319. The number of sulfonamides is 1. The highest BCUT2D eigenvalue weighted by molar-refractivity contribution is 7.93. The Hall–Kier alpha value is -2.46. The molecule has 2 aromatic rings. The molecule has 176 valence electrons. The molecule has 1 aliphatic heterocycles. The van der Waals surface area contributed by atoms with Crippen molar-refractivity contribution in [2.24, 2.45) is 0 Å². The number of carbonyl (C=O) groups excluding carboxylic acids is 1. The summed E-state index contributed by atoms with van der Waals surface area (Å²) in [6, 6.07) is 0.176. The van der Waals surface area contributed by atoms with Crippen molar-refractivity contribution < 1.29 is 44.3 Å². The van der Waals surface area contributed by atoms with Gasteiger partial charge >= 0.3 is 12.4 Å². The molecule has 3 rings (SSSR count). The Balaban J connectivity index is 1.81. The molecule has 2 heterocycles. The third kappa shape index (κ3) is 5.66. The Morgan fingerprint density at radius 2 is 1.75 bits per heavy atom. The molecule has 1 N–H and O–H groups in total. The van der Waals surface area contributed by atoms with Crippen molar-refractivity contribution >= 4 is 32.4 Å². The molecule has 0 bridgehead atoms. The van der Waals surface area contributed by atoms with E-state index < -0.39 is 43.5 Å². The minimum absolute atomic E-state index is 0.0997. The van der Waals surface area contributed by atoms with Gasteiger partial charge in [-0.2, -0.15) is 26.3 Å². The van der Waals surface area contributed by atoms with Crippen LogP contribution >= 0.6 is 11.3 Å². The predicted molar refractivity (Wildman–Crippen MR) is 98.3 cm³/mol.